The molecule has 1 aromatic rings. The Labute approximate surface area is 103 Å². The standard InChI is InChI=1S/C13H23N3O/c1-3-6-16(8-12-5-4-7-17-12)9-13-11(2)14-10-15-13/h10,12H,3-9H2,1-2H3,(H,14,15)/t12-/m1/s1. The van der Waals surface area contributed by atoms with Gasteiger partial charge in [0.1, 0.15) is 0 Å². The molecule has 0 amide bonds. The van der Waals surface area contributed by atoms with E-state index in [0.29, 0.717) is 6.10 Å². The van der Waals surface area contributed by atoms with Crippen LogP contribution in [0.1, 0.15) is 37.6 Å². The van der Waals surface area contributed by atoms with Crippen molar-refractivity contribution in [3.05, 3.63) is 17.7 Å². The van der Waals surface area contributed by atoms with Gasteiger partial charge in [-0.15, -0.1) is 0 Å². The maximum Gasteiger partial charge on any atom is 0.0925 e. The van der Waals surface area contributed by atoms with Crippen LogP contribution in [0, 0.1) is 6.92 Å². The quantitative estimate of drug-likeness (QED) is 0.824. The molecule has 1 atom stereocenters. The average molecular weight is 237 g/mol. The normalized spacial score (nSPS) is 20.3. The lowest BCUT2D eigenvalue weighted by molar-refractivity contribution is 0.0702. The fourth-order valence-corrected chi connectivity index (χ4v) is 2.39. The van der Waals surface area contributed by atoms with Gasteiger partial charge in [0.15, 0.2) is 0 Å². The molecule has 1 aliphatic rings. The van der Waals surface area contributed by atoms with Gasteiger partial charge in [-0.3, -0.25) is 4.90 Å². The van der Waals surface area contributed by atoms with Crippen LogP contribution >= 0.6 is 0 Å². The van der Waals surface area contributed by atoms with Crippen molar-refractivity contribution in [1.82, 2.24) is 14.9 Å². The number of H-pyrrole nitrogens is 1. The molecule has 0 aliphatic carbocycles. The lowest BCUT2D eigenvalue weighted by Crippen LogP contribution is -2.32. The molecule has 2 heterocycles. The van der Waals surface area contributed by atoms with Gasteiger partial charge < -0.3 is 9.72 Å². The van der Waals surface area contributed by atoms with Crippen LogP contribution in [0.3, 0.4) is 0 Å². The third kappa shape index (κ3) is 3.54. The van der Waals surface area contributed by atoms with E-state index in [2.05, 4.69) is 28.7 Å². The van der Waals surface area contributed by atoms with E-state index in [1.807, 2.05) is 0 Å². The third-order valence-electron chi connectivity index (χ3n) is 3.33. The lowest BCUT2D eigenvalue weighted by Gasteiger charge is -2.24. The molecular formula is C13H23N3O. The Hall–Kier alpha value is -0.870. The predicted octanol–water partition coefficient (Wildman–Crippen LogP) is 2.11. The van der Waals surface area contributed by atoms with E-state index >= 15 is 0 Å². The van der Waals surface area contributed by atoms with E-state index in [1.54, 1.807) is 6.33 Å². The summed E-state index contributed by atoms with van der Waals surface area (Å²) in [6, 6.07) is 0. The number of nitrogens with zero attached hydrogens (tertiary/aromatic N) is 2. The lowest BCUT2D eigenvalue weighted by atomic mass is 10.2. The molecule has 0 bridgehead atoms. The summed E-state index contributed by atoms with van der Waals surface area (Å²) in [6.07, 6.45) is 5.81. The van der Waals surface area contributed by atoms with E-state index < -0.39 is 0 Å². The molecule has 0 unspecified atom stereocenters. The highest BCUT2D eigenvalue weighted by molar-refractivity contribution is 5.08. The van der Waals surface area contributed by atoms with Crippen LogP contribution in [0.25, 0.3) is 0 Å². The summed E-state index contributed by atoms with van der Waals surface area (Å²) in [7, 11) is 0. The Morgan fingerprint density at radius 1 is 1.59 bits per heavy atom. The predicted molar refractivity (Wildman–Crippen MR) is 67.9 cm³/mol. The number of aromatic nitrogens is 2. The molecule has 4 nitrogen and oxygen atoms in total. The molecule has 1 saturated heterocycles. The van der Waals surface area contributed by atoms with Gasteiger partial charge >= 0.3 is 0 Å². The highest BCUT2D eigenvalue weighted by Crippen LogP contribution is 2.15. The molecule has 0 radical (unpaired) electrons. The highest BCUT2D eigenvalue weighted by atomic mass is 16.5. The first kappa shape index (κ1) is 12.6. The van der Waals surface area contributed by atoms with Gasteiger partial charge in [0.2, 0.25) is 0 Å². The zero-order valence-corrected chi connectivity index (χ0v) is 10.9. The molecular weight excluding hydrogens is 214 g/mol. The average Bonchev–Trinajstić information content (AvgIpc) is 2.92. The first-order chi connectivity index (χ1) is 8.29. The Kier molecular flexibility index (Phi) is 4.57. The highest BCUT2D eigenvalue weighted by Gasteiger charge is 2.19. The van der Waals surface area contributed by atoms with Crippen molar-refractivity contribution in [2.24, 2.45) is 0 Å². The monoisotopic (exact) mass is 237 g/mol. The Morgan fingerprint density at radius 3 is 3.06 bits per heavy atom. The van der Waals surface area contributed by atoms with Gasteiger partial charge in [-0.05, 0) is 32.7 Å². The zero-order valence-electron chi connectivity index (χ0n) is 10.9. The van der Waals surface area contributed by atoms with Crippen molar-refractivity contribution < 1.29 is 4.74 Å². The van der Waals surface area contributed by atoms with Crippen LogP contribution in [0.15, 0.2) is 6.33 Å². The zero-order chi connectivity index (χ0) is 12.1. The molecule has 4 heteroatoms. The second-order valence-electron chi connectivity index (χ2n) is 4.84. The van der Waals surface area contributed by atoms with Crippen molar-refractivity contribution in [3.8, 4) is 0 Å². The minimum atomic E-state index is 0.431. The topological polar surface area (TPSA) is 41.2 Å². The van der Waals surface area contributed by atoms with Gasteiger partial charge in [0.05, 0.1) is 18.1 Å². The van der Waals surface area contributed by atoms with Crippen LogP contribution in [0.2, 0.25) is 0 Å². The van der Waals surface area contributed by atoms with Crippen LogP contribution in [0.5, 0.6) is 0 Å². The molecule has 0 aromatic carbocycles. The van der Waals surface area contributed by atoms with E-state index in [0.717, 1.165) is 31.9 Å². The van der Waals surface area contributed by atoms with Crippen molar-refractivity contribution in [1.29, 1.82) is 0 Å². The molecule has 1 aromatic heterocycles. The number of imidazole rings is 1. The first-order valence-corrected chi connectivity index (χ1v) is 6.62. The number of rotatable bonds is 6. The van der Waals surface area contributed by atoms with Gasteiger partial charge in [0, 0.05) is 25.4 Å². The maximum absolute atomic E-state index is 5.71. The number of hydrogen-bond donors (Lipinski definition) is 1. The summed E-state index contributed by atoms with van der Waals surface area (Å²) in [6.45, 7) is 8.33. The summed E-state index contributed by atoms with van der Waals surface area (Å²) < 4.78 is 5.71. The molecule has 2 rings (SSSR count). The maximum atomic E-state index is 5.71. The van der Waals surface area contributed by atoms with Crippen molar-refractivity contribution >= 4 is 0 Å². The van der Waals surface area contributed by atoms with Crippen LogP contribution in [0.4, 0.5) is 0 Å². The fourth-order valence-electron chi connectivity index (χ4n) is 2.39. The summed E-state index contributed by atoms with van der Waals surface area (Å²) in [5.41, 5.74) is 2.34. The third-order valence-corrected chi connectivity index (χ3v) is 3.33. The van der Waals surface area contributed by atoms with Crippen LogP contribution < -0.4 is 0 Å². The van der Waals surface area contributed by atoms with Crippen molar-refractivity contribution in [3.63, 3.8) is 0 Å². The molecule has 1 aliphatic heterocycles. The number of hydrogen-bond acceptors (Lipinski definition) is 3. The minimum absolute atomic E-state index is 0.431. The van der Waals surface area contributed by atoms with Crippen LogP contribution in [-0.2, 0) is 11.3 Å². The second kappa shape index (κ2) is 6.17. The Morgan fingerprint density at radius 2 is 2.47 bits per heavy atom. The van der Waals surface area contributed by atoms with E-state index in [1.165, 1.54) is 25.0 Å². The molecule has 96 valence electrons. The first-order valence-electron chi connectivity index (χ1n) is 6.62. The fraction of sp³-hybridized carbons (Fsp3) is 0.769. The van der Waals surface area contributed by atoms with Crippen molar-refractivity contribution in [2.75, 3.05) is 19.7 Å². The molecule has 0 saturated carbocycles. The SMILES string of the molecule is CCCN(Cc1nc[nH]c1C)C[C@H]1CCCO1. The summed E-state index contributed by atoms with van der Waals surface area (Å²) in [5, 5.41) is 0. The van der Waals surface area contributed by atoms with Gasteiger partial charge in [0.25, 0.3) is 0 Å². The number of nitrogens with one attached hydrogen (secondary N) is 1. The summed E-state index contributed by atoms with van der Waals surface area (Å²) >= 11 is 0. The van der Waals surface area contributed by atoms with E-state index in [9.17, 15) is 0 Å². The Balaban J connectivity index is 1.89. The molecule has 17 heavy (non-hydrogen) atoms. The Bertz CT molecular complexity index is 331. The number of aromatic amines is 1. The minimum Gasteiger partial charge on any atom is -0.377 e. The van der Waals surface area contributed by atoms with Crippen molar-refractivity contribution in [2.45, 2.75) is 45.8 Å². The molecule has 1 N–H and O–H groups in total. The van der Waals surface area contributed by atoms with Gasteiger partial charge in [-0.25, -0.2) is 4.98 Å². The second-order valence-corrected chi connectivity index (χ2v) is 4.84. The van der Waals surface area contributed by atoms with E-state index in [4.69, 9.17) is 4.74 Å². The van der Waals surface area contributed by atoms with Gasteiger partial charge in [-0.2, -0.15) is 0 Å². The van der Waals surface area contributed by atoms with E-state index in [-0.39, 0.29) is 0 Å². The van der Waals surface area contributed by atoms with Crippen LogP contribution in [-0.4, -0.2) is 40.7 Å². The number of ether oxygens (including phenoxy) is 1. The molecule has 1 fully saturated rings. The van der Waals surface area contributed by atoms with Gasteiger partial charge in [-0.1, -0.05) is 6.92 Å². The smallest absolute Gasteiger partial charge is 0.0925 e. The summed E-state index contributed by atoms with van der Waals surface area (Å²) in [4.78, 5) is 9.97. The number of aryl methyl sites for hydroxylation is 1. The summed E-state index contributed by atoms with van der Waals surface area (Å²) in [5.74, 6) is 0. The largest absolute Gasteiger partial charge is 0.377 e. The molecule has 0 spiro atoms.